The molecule has 0 saturated heterocycles. The summed E-state index contributed by atoms with van der Waals surface area (Å²) in [4.78, 5) is 40.1. The second-order valence-corrected chi connectivity index (χ2v) is 15.7. The summed E-state index contributed by atoms with van der Waals surface area (Å²) in [5.74, 6) is -1.85. The zero-order chi connectivity index (χ0) is 34.4. The Hall–Kier alpha value is -4.40. The third-order valence-electron chi connectivity index (χ3n) is 7.25. The van der Waals surface area contributed by atoms with Crippen molar-refractivity contribution in [3.63, 3.8) is 0 Å². The van der Waals surface area contributed by atoms with Gasteiger partial charge in [-0.05, 0) is 71.1 Å². The Kier molecular flexibility index (Phi) is 11.3. The van der Waals surface area contributed by atoms with Crippen molar-refractivity contribution >= 4 is 62.1 Å². The third kappa shape index (κ3) is 9.80. The van der Waals surface area contributed by atoms with Crippen LogP contribution in [0.4, 0.5) is 10.8 Å². The second kappa shape index (κ2) is 15.0. The van der Waals surface area contributed by atoms with Crippen molar-refractivity contribution in [1.82, 2.24) is 20.8 Å². The number of sulfonamides is 1. The average Bonchev–Trinajstić information content (AvgIpc) is 3.43. The number of H-pyrrole nitrogens is 1. The van der Waals surface area contributed by atoms with Crippen molar-refractivity contribution in [3.05, 3.63) is 99.5 Å². The van der Waals surface area contributed by atoms with Crippen LogP contribution < -0.4 is 20.7 Å². The Morgan fingerprint density at radius 3 is 2.09 bits per heavy atom. The van der Waals surface area contributed by atoms with E-state index in [1.54, 1.807) is 38.1 Å². The molecule has 3 aromatic carbocycles. The van der Waals surface area contributed by atoms with E-state index in [0.717, 1.165) is 22.5 Å². The number of aromatic amines is 1. The van der Waals surface area contributed by atoms with E-state index < -0.39 is 39.8 Å². The maximum absolute atomic E-state index is 13.6. The molecular weight excluding hydrogens is 657 g/mol. The lowest BCUT2D eigenvalue weighted by atomic mass is 9.87. The van der Waals surface area contributed by atoms with Gasteiger partial charge in [0.2, 0.25) is 16.9 Å². The van der Waals surface area contributed by atoms with Crippen LogP contribution in [0, 0.1) is 9.87 Å². The molecule has 0 fully saturated rings. The molecule has 2 atom stereocenters. The first-order chi connectivity index (χ1) is 22.1. The highest BCUT2D eigenvalue weighted by atomic mass is 32.2. The summed E-state index contributed by atoms with van der Waals surface area (Å²) < 4.78 is 28.9. The number of hydrogen-bond acceptors (Lipinski definition) is 8. The highest BCUT2D eigenvalue weighted by Crippen LogP contribution is 2.24. The van der Waals surface area contributed by atoms with Crippen LogP contribution in [0.25, 0.3) is 0 Å². The van der Waals surface area contributed by atoms with Crippen LogP contribution in [-0.4, -0.2) is 48.4 Å². The number of amides is 3. The zero-order valence-electron chi connectivity index (χ0n) is 26.7. The molecule has 0 bridgehead atoms. The molecule has 0 aliphatic rings. The van der Waals surface area contributed by atoms with Crippen LogP contribution in [0.3, 0.4) is 0 Å². The van der Waals surface area contributed by atoms with E-state index in [1.165, 1.54) is 24.3 Å². The minimum absolute atomic E-state index is 0.116. The Labute approximate surface area is 283 Å². The molecule has 0 aliphatic carbocycles. The standard InChI is InChI=1S/C33H38N6O5S3/c1-20(2)27(30(42)36-31-37-38-32(45)46-31)35-29(41)26(19-21-9-7-6-8-10-21)34-28(40)22-11-15-24(16-12-22)39-47(43,44)25-17-13-23(14-18-25)33(3,4)5/h6-18,20,26-27,39H,19H2,1-5H3,(H,34,40)(H,35,41)(H,38,45)(H,36,37,42)/t26-,27-/m0/s1. The Morgan fingerprint density at radius 2 is 1.53 bits per heavy atom. The van der Waals surface area contributed by atoms with Gasteiger partial charge in [0.25, 0.3) is 15.9 Å². The lowest BCUT2D eigenvalue weighted by Gasteiger charge is -2.25. The second-order valence-electron chi connectivity index (χ2n) is 12.3. The van der Waals surface area contributed by atoms with Gasteiger partial charge in [-0.15, -0.1) is 5.10 Å². The largest absolute Gasteiger partial charge is 0.342 e. The molecule has 0 aliphatic heterocycles. The van der Waals surface area contributed by atoms with Gasteiger partial charge in [0.15, 0.2) is 3.95 Å². The van der Waals surface area contributed by atoms with E-state index in [2.05, 4.69) is 30.9 Å². The van der Waals surface area contributed by atoms with Crippen molar-refractivity contribution in [2.75, 3.05) is 10.0 Å². The summed E-state index contributed by atoms with van der Waals surface area (Å²) >= 11 is 6.11. The molecular formula is C33H38N6O5S3. The lowest BCUT2D eigenvalue weighted by Crippen LogP contribution is -2.55. The molecule has 0 unspecified atom stereocenters. The summed E-state index contributed by atoms with van der Waals surface area (Å²) in [7, 11) is -3.86. The quantitative estimate of drug-likeness (QED) is 0.124. The zero-order valence-corrected chi connectivity index (χ0v) is 29.1. The molecule has 47 heavy (non-hydrogen) atoms. The highest BCUT2D eigenvalue weighted by Gasteiger charge is 2.30. The van der Waals surface area contributed by atoms with Gasteiger partial charge in [-0.25, -0.2) is 8.42 Å². The lowest BCUT2D eigenvalue weighted by molar-refractivity contribution is -0.128. The van der Waals surface area contributed by atoms with Crippen molar-refractivity contribution in [1.29, 1.82) is 0 Å². The average molecular weight is 695 g/mol. The van der Waals surface area contributed by atoms with Crippen molar-refractivity contribution < 1.29 is 22.8 Å². The number of hydrogen-bond donors (Lipinski definition) is 5. The van der Waals surface area contributed by atoms with Gasteiger partial charge in [-0.3, -0.25) is 29.5 Å². The van der Waals surface area contributed by atoms with Gasteiger partial charge in [0, 0.05) is 17.7 Å². The first-order valence-corrected chi connectivity index (χ1v) is 17.6. The van der Waals surface area contributed by atoms with Gasteiger partial charge < -0.3 is 10.6 Å². The number of carbonyl (C=O) groups excluding carboxylic acids is 3. The van der Waals surface area contributed by atoms with E-state index in [-0.39, 0.29) is 39.0 Å². The van der Waals surface area contributed by atoms with E-state index in [9.17, 15) is 22.8 Å². The number of anilines is 2. The van der Waals surface area contributed by atoms with Crippen LogP contribution >= 0.6 is 23.6 Å². The Bertz CT molecular complexity index is 1860. The SMILES string of the molecule is CC(C)[C@H](NC(=O)[C@H](Cc1ccccc1)NC(=O)c1ccc(NS(=O)(=O)c2ccc(C(C)(C)C)cc2)cc1)C(=O)Nc1n[nH]c(=S)s1. The predicted octanol–water partition coefficient (Wildman–Crippen LogP) is 5.42. The van der Waals surface area contributed by atoms with Crippen LogP contribution in [-0.2, 0) is 31.4 Å². The summed E-state index contributed by atoms with van der Waals surface area (Å²) in [6, 6.07) is 19.8. The first-order valence-electron chi connectivity index (χ1n) is 14.9. The smallest absolute Gasteiger partial charge is 0.261 e. The molecule has 11 nitrogen and oxygen atoms in total. The van der Waals surface area contributed by atoms with Crippen molar-refractivity contribution in [2.24, 2.45) is 5.92 Å². The van der Waals surface area contributed by atoms with Crippen LogP contribution in [0.5, 0.6) is 0 Å². The molecule has 248 valence electrons. The number of benzene rings is 3. The number of carbonyl (C=O) groups is 3. The van der Waals surface area contributed by atoms with E-state index in [4.69, 9.17) is 12.2 Å². The maximum atomic E-state index is 13.6. The molecule has 3 amide bonds. The summed E-state index contributed by atoms with van der Waals surface area (Å²) in [5.41, 5.74) is 2.18. The molecule has 5 N–H and O–H groups in total. The maximum Gasteiger partial charge on any atom is 0.261 e. The Morgan fingerprint density at radius 1 is 0.894 bits per heavy atom. The first kappa shape index (κ1) is 35.5. The Balaban J connectivity index is 1.47. The molecule has 4 aromatic rings. The number of rotatable bonds is 12. The van der Waals surface area contributed by atoms with Crippen LogP contribution in [0.1, 0.15) is 56.1 Å². The molecule has 0 spiro atoms. The van der Waals surface area contributed by atoms with Gasteiger partial charge in [-0.1, -0.05) is 88.4 Å². The topological polar surface area (TPSA) is 162 Å². The molecule has 0 radical (unpaired) electrons. The van der Waals surface area contributed by atoms with Crippen LogP contribution in [0.15, 0.2) is 83.8 Å². The normalized spacial score (nSPS) is 13.0. The summed E-state index contributed by atoms with van der Waals surface area (Å²) in [6.45, 7) is 9.72. The van der Waals surface area contributed by atoms with Gasteiger partial charge >= 0.3 is 0 Å². The van der Waals surface area contributed by atoms with Crippen LogP contribution in [0.2, 0.25) is 0 Å². The fraction of sp³-hybridized carbons (Fsp3) is 0.303. The third-order valence-corrected chi connectivity index (χ3v) is 9.65. The molecule has 1 aromatic heterocycles. The molecule has 1 heterocycles. The predicted molar refractivity (Wildman–Crippen MR) is 186 cm³/mol. The van der Waals surface area contributed by atoms with Gasteiger partial charge in [-0.2, -0.15) is 0 Å². The summed E-state index contributed by atoms with van der Waals surface area (Å²) in [5, 5.41) is 15.0. The fourth-order valence-electron chi connectivity index (χ4n) is 4.59. The minimum Gasteiger partial charge on any atom is -0.342 e. The fourth-order valence-corrected chi connectivity index (χ4v) is 6.44. The number of nitrogens with one attached hydrogen (secondary N) is 5. The number of nitrogens with zero attached hydrogens (tertiary/aromatic N) is 1. The van der Waals surface area contributed by atoms with E-state index in [0.29, 0.717) is 3.95 Å². The monoisotopic (exact) mass is 694 g/mol. The van der Waals surface area contributed by atoms with Crippen molar-refractivity contribution in [3.8, 4) is 0 Å². The molecule has 4 rings (SSSR count). The molecule has 14 heteroatoms. The molecule has 0 saturated carbocycles. The summed E-state index contributed by atoms with van der Waals surface area (Å²) in [6.07, 6.45) is 0.164. The van der Waals surface area contributed by atoms with Crippen molar-refractivity contribution in [2.45, 2.75) is 63.4 Å². The van der Waals surface area contributed by atoms with E-state index >= 15 is 0 Å². The van der Waals surface area contributed by atoms with Gasteiger partial charge in [0.1, 0.15) is 12.1 Å². The minimum atomic E-state index is -3.86. The number of aromatic nitrogens is 2. The van der Waals surface area contributed by atoms with Gasteiger partial charge in [0.05, 0.1) is 4.90 Å². The highest BCUT2D eigenvalue weighted by molar-refractivity contribution is 7.92. The van der Waals surface area contributed by atoms with E-state index in [1.807, 2.05) is 51.1 Å².